The SMILES string of the molecule is O=C(Cc1cc(F)cc(Br)c1)NC1CC1. The van der Waals surface area contributed by atoms with Crippen LogP contribution in [-0.2, 0) is 11.2 Å². The van der Waals surface area contributed by atoms with Crippen LogP contribution in [0.3, 0.4) is 0 Å². The zero-order chi connectivity index (χ0) is 10.8. The first-order valence-electron chi connectivity index (χ1n) is 4.88. The van der Waals surface area contributed by atoms with Crippen molar-refractivity contribution in [3.05, 3.63) is 34.1 Å². The Kier molecular flexibility index (Phi) is 3.05. The van der Waals surface area contributed by atoms with Crippen molar-refractivity contribution < 1.29 is 9.18 Å². The fraction of sp³-hybridized carbons (Fsp3) is 0.364. The zero-order valence-electron chi connectivity index (χ0n) is 8.09. The van der Waals surface area contributed by atoms with Crippen molar-refractivity contribution in [2.75, 3.05) is 0 Å². The van der Waals surface area contributed by atoms with Crippen molar-refractivity contribution >= 4 is 21.8 Å². The number of amides is 1. The first-order valence-corrected chi connectivity index (χ1v) is 5.67. The minimum Gasteiger partial charge on any atom is -0.353 e. The van der Waals surface area contributed by atoms with E-state index in [0.29, 0.717) is 16.1 Å². The number of carbonyl (C=O) groups excluding carboxylic acids is 1. The zero-order valence-corrected chi connectivity index (χ0v) is 9.68. The van der Waals surface area contributed by atoms with Crippen LogP contribution in [0.2, 0.25) is 0 Å². The summed E-state index contributed by atoms with van der Waals surface area (Å²) in [6, 6.07) is 4.88. The van der Waals surface area contributed by atoms with E-state index < -0.39 is 0 Å². The van der Waals surface area contributed by atoms with E-state index in [1.807, 2.05) is 0 Å². The second kappa shape index (κ2) is 4.31. The lowest BCUT2D eigenvalue weighted by Crippen LogP contribution is -2.26. The molecule has 0 radical (unpaired) electrons. The molecule has 1 aromatic carbocycles. The molecule has 0 aromatic heterocycles. The molecule has 0 atom stereocenters. The van der Waals surface area contributed by atoms with Gasteiger partial charge in [-0.15, -0.1) is 0 Å². The molecule has 0 heterocycles. The Labute approximate surface area is 96.0 Å². The molecule has 15 heavy (non-hydrogen) atoms. The molecule has 1 aromatic rings. The Morgan fingerprint density at radius 3 is 2.80 bits per heavy atom. The molecule has 1 fully saturated rings. The van der Waals surface area contributed by atoms with Gasteiger partial charge in [0, 0.05) is 10.5 Å². The lowest BCUT2D eigenvalue weighted by atomic mass is 10.1. The quantitative estimate of drug-likeness (QED) is 0.899. The van der Waals surface area contributed by atoms with Gasteiger partial charge in [0.2, 0.25) is 5.91 Å². The van der Waals surface area contributed by atoms with E-state index in [4.69, 9.17) is 0 Å². The summed E-state index contributed by atoms with van der Waals surface area (Å²) >= 11 is 3.19. The monoisotopic (exact) mass is 271 g/mol. The lowest BCUT2D eigenvalue weighted by Gasteiger charge is -2.04. The molecule has 1 N–H and O–H groups in total. The number of halogens is 2. The summed E-state index contributed by atoms with van der Waals surface area (Å²) in [5, 5.41) is 2.86. The highest BCUT2D eigenvalue weighted by Crippen LogP contribution is 2.19. The van der Waals surface area contributed by atoms with E-state index in [0.717, 1.165) is 12.8 Å². The van der Waals surface area contributed by atoms with Gasteiger partial charge in [-0.25, -0.2) is 4.39 Å². The Bertz CT molecular complexity index is 370. The van der Waals surface area contributed by atoms with Crippen LogP contribution in [0.1, 0.15) is 18.4 Å². The molecule has 4 heteroatoms. The number of benzene rings is 1. The fourth-order valence-corrected chi connectivity index (χ4v) is 1.92. The van der Waals surface area contributed by atoms with E-state index in [1.165, 1.54) is 12.1 Å². The molecular weight excluding hydrogens is 261 g/mol. The van der Waals surface area contributed by atoms with E-state index in [2.05, 4.69) is 21.2 Å². The van der Waals surface area contributed by atoms with Crippen molar-refractivity contribution in [3.63, 3.8) is 0 Å². The maximum absolute atomic E-state index is 13.0. The molecule has 2 nitrogen and oxygen atoms in total. The summed E-state index contributed by atoms with van der Waals surface area (Å²) in [7, 11) is 0. The lowest BCUT2D eigenvalue weighted by molar-refractivity contribution is -0.120. The second-order valence-electron chi connectivity index (χ2n) is 3.80. The van der Waals surface area contributed by atoms with E-state index in [9.17, 15) is 9.18 Å². The average Bonchev–Trinajstić information content (AvgIpc) is 2.85. The molecule has 0 spiro atoms. The van der Waals surface area contributed by atoms with Crippen molar-refractivity contribution in [2.45, 2.75) is 25.3 Å². The van der Waals surface area contributed by atoms with Gasteiger partial charge in [0.05, 0.1) is 6.42 Å². The van der Waals surface area contributed by atoms with Gasteiger partial charge in [-0.1, -0.05) is 15.9 Å². The van der Waals surface area contributed by atoms with Gasteiger partial charge >= 0.3 is 0 Å². The predicted octanol–water partition coefficient (Wildman–Crippen LogP) is 2.41. The molecule has 80 valence electrons. The van der Waals surface area contributed by atoms with Crippen molar-refractivity contribution in [1.82, 2.24) is 5.32 Å². The van der Waals surface area contributed by atoms with Crippen molar-refractivity contribution in [2.24, 2.45) is 0 Å². The number of hydrogen-bond donors (Lipinski definition) is 1. The molecule has 1 saturated carbocycles. The summed E-state index contributed by atoms with van der Waals surface area (Å²) < 4.78 is 13.7. The first-order chi connectivity index (χ1) is 7.13. The minimum absolute atomic E-state index is 0.0324. The Hall–Kier alpha value is -0.900. The smallest absolute Gasteiger partial charge is 0.224 e. The topological polar surface area (TPSA) is 29.1 Å². The predicted molar refractivity (Wildman–Crippen MR) is 59.0 cm³/mol. The van der Waals surface area contributed by atoms with Crippen LogP contribution < -0.4 is 5.32 Å². The molecule has 2 rings (SSSR count). The molecule has 0 aliphatic heterocycles. The Balaban J connectivity index is 1.99. The Morgan fingerprint density at radius 1 is 1.47 bits per heavy atom. The summed E-state index contributed by atoms with van der Waals surface area (Å²) in [5.41, 5.74) is 0.694. The van der Waals surface area contributed by atoms with Gasteiger partial charge in [-0.2, -0.15) is 0 Å². The van der Waals surface area contributed by atoms with Crippen LogP contribution in [0.25, 0.3) is 0 Å². The highest BCUT2D eigenvalue weighted by molar-refractivity contribution is 9.10. The summed E-state index contributed by atoms with van der Waals surface area (Å²) in [4.78, 5) is 11.4. The first kappa shape index (κ1) is 10.6. The summed E-state index contributed by atoms with van der Waals surface area (Å²) in [5.74, 6) is -0.353. The number of rotatable bonds is 3. The highest BCUT2D eigenvalue weighted by atomic mass is 79.9. The third-order valence-electron chi connectivity index (χ3n) is 2.23. The van der Waals surface area contributed by atoms with Gasteiger partial charge < -0.3 is 5.32 Å². The van der Waals surface area contributed by atoms with Crippen LogP contribution >= 0.6 is 15.9 Å². The van der Waals surface area contributed by atoms with Crippen LogP contribution in [0.15, 0.2) is 22.7 Å². The van der Waals surface area contributed by atoms with E-state index in [1.54, 1.807) is 6.07 Å². The largest absolute Gasteiger partial charge is 0.353 e. The van der Waals surface area contributed by atoms with Crippen LogP contribution in [0.4, 0.5) is 4.39 Å². The van der Waals surface area contributed by atoms with Gasteiger partial charge in [0.1, 0.15) is 5.82 Å². The average molecular weight is 272 g/mol. The number of nitrogens with one attached hydrogen (secondary N) is 1. The van der Waals surface area contributed by atoms with Gasteiger partial charge in [0.15, 0.2) is 0 Å². The van der Waals surface area contributed by atoms with Crippen LogP contribution in [-0.4, -0.2) is 11.9 Å². The minimum atomic E-state index is -0.321. The molecule has 1 amide bonds. The highest BCUT2D eigenvalue weighted by Gasteiger charge is 2.23. The molecule has 0 bridgehead atoms. The third kappa shape index (κ3) is 3.30. The molecule has 1 aliphatic rings. The fourth-order valence-electron chi connectivity index (χ4n) is 1.40. The van der Waals surface area contributed by atoms with E-state index >= 15 is 0 Å². The summed E-state index contributed by atoms with van der Waals surface area (Å²) in [6.07, 6.45) is 2.38. The van der Waals surface area contributed by atoms with Crippen molar-refractivity contribution in [3.8, 4) is 0 Å². The van der Waals surface area contributed by atoms with Crippen molar-refractivity contribution in [1.29, 1.82) is 0 Å². The maximum atomic E-state index is 13.0. The van der Waals surface area contributed by atoms with Crippen LogP contribution in [0, 0.1) is 5.82 Å². The maximum Gasteiger partial charge on any atom is 0.224 e. The van der Waals surface area contributed by atoms with E-state index in [-0.39, 0.29) is 18.1 Å². The number of carbonyl (C=O) groups is 1. The van der Waals surface area contributed by atoms with Gasteiger partial charge in [0.25, 0.3) is 0 Å². The van der Waals surface area contributed by atoms with Crippen LogP contribution in [0.5, 0.6) is 0 Å². The molecule has 1 aliphatic carbocycles. The molecule has 0 saturated heterocycles. The normalized spacial score (nSPS) is 15.1. The standard InChI is InChI=1S/C11H11BrFNO/c12-8-3-7(4-9(13)6-8)5-11(15)14-10-1-2-10/h3-4,6,10H,1-2,5H2,(H,14,15). The summed E-state index contributed by atoms with van der Waals surface area (Å²) in [6.45, 7) is 0. The van der Waals surface area contributed by atoms with Gasteiger partial charge in [-0.3, -0.25) is 4.79 Å². The second-order valence-corrected chi connectivity index (χ2v) is 4.71. The molecular formula is C11H11BrFNO. The van der Waals surface area contributed by atoms with Gasteiger partial charge in [-0.05, 0) is 36.6 Å². The Morgan fingerprint density at radius 2 is 2.20 bits per heavy atom. The number of hydrogen-bond acceptors (Lipinski definition) is 1. The third-order valence-corrected chi connectivity index (χ3v) is 2.69. The molecule has 0 unspecified atom stereocenters.